The van der Waals surface area contributed by atoms with Gasteiger partial charge >= 0.3 is 6.87 Å². The lowest BCUT2D eigenvalue weighted by Gasteiger charge is -2.41. The van der Waals surface area contributed by atoms with Gasteiger partial charge in [-0.15, -0.1) is 0 Å². The first-order chi connectivity index (χ1) is 12.7. The molecule has 2 aromatic carbocycles. The van der Waals surface area contributed by atoms with E-state index in [0.29, 0.717) is 0 Å². The molecule has 0 fully saturated rings. The van der Waals surface area contributed by atoms with Gasteiger partial charge < -0.3 is 14.4 Å². The summed E-state index contributed by atoms with van der Waals surface area (Å²) >= 11 is 0. The van der Waals surface area contributed by atoms with Crippen molar-refractivity contribution in [2.45, 2.75) is 41.5 Å². The molecule has 0 aromatic heterocycles. The van der Waals surface area contributed by atoms with Gasteiger partial charge in [0.25, 0.3) is 7.31 Å². The fourth-order valence-corrected chi connectivity index (χ4v) is 4.39. The lowest BCUT2D eigenvalue weighted by Crippen LogP contribution is -2.59. The fraction of sp³-hybridized carbons (Fsp3) is 0.364. The van der Waals surface area contributed by atoms with Gasteiger partial charge in [0, 0.05) is 23.8 Å². The molecule has 0 saturated heterocycles. The smallest absolute Gasteiger partial charge is 0.326 e. The summed E-state index contributed by atoms with van der Waals surface area (Å²) in [5, 5.41) is 0. The topological polar surface area (TPSA) is 9.72 Å². The van der Waals surface area contributed by atoms with Crippen molar-refractivity contribution in [3.63, 3.8) is 0 Å². The summed E-state index contributed by atoms with van der Waals surface area (Å²) in [6.45, 7) is 13.3. The second-order valence-corrected chi connectivity index (χ2v) is 8.13. The van der Waals surface area contributed by atoms with Gasteiger partial charge in [-0.1, -0.05) is 35.4 Å². The van der Waals surface area contributed by atoms with Crippen LogP contribution in [0, 0.1) is 41.5 Å². The van der Waals surface area contributed by atoms with Crippen LogP contribution in [0.5, 0.6) is 0 Å². The van der Waals surface area contributed by atoms with Crippen LogP contribution in [-0.4, -0.2) is 33.1 Å². The third-order valence-corrected chi connectivity index (χ3v) is 5.28. The number of hydrogen-bond acceptors (Lipinski definition) is 3. The zero-order valence-corrected chi connectivity index (χ0v) is 18.0. The number of aryl methyl sites for hydroxylation is 6. The number of nitrogens with zero attached hydrogens (tertiary/aromatic N) is 3. The number of benzene rings is 2. The van der Waals surface area contributed by atoms with Crippen LogP contribution in [0.3, 0.4) is 0 Å². The predicted molar refractivity (Wildman–Crippen MR) is 121 cm³/mol. The van der Waals surface area contributed by atoms with Gasteiger partial charge in [0.1, 0.15) is 0 Å². The van der Waals surface area contributed by atoms with Crippen LogP contribution in [0.15, 0.2) is 36.7 Å². The van der Waals surface area contributed by atoms with Crippen LogP contribution in [0.1, 0.15) is 33.4 Å². The molecule has 3 rings (SSSR count). The van der Waals surface area contributed by atoms with Crippen molar-refractivity contribution in [1.82, 2.24) is 4.81 Å². The molecule has 3 nitrogen and oxygen atoms in total. The van der Waals surface area contributed by atoms with Crippen molar-refractivity contribution < 1.29 is 0 Å². The van der Waals surface area contributed by atoms with Crippen LogP contribution in [0.2, 0.25) is 0 Å². The molecule has 1 aliphatic rings. The lowest BCUT2D eigenvalue weighted by atomic mass is 9.39. The van der Waals surface area contributed by atoms with Gasteiger partial charge in [-0.05, 0) is 77.9 Å². The summed E-state index contributed by atoms with van der Waals surface area (Å²) in [7, 11) is 6.59. The number of anilines is 2. The van der Waals surface area contributed by atoms with E-state index >= 15 is 0 Å². The maximum atomic E-state index is 2.37. The molecule has 0 amide bonds. The molecule has 0 atom stereocenters. The molecule has 1 radical (unpaired) electrons. The first kappa shape index (κ1) is 19.6. The maximum Gasteiger partial charge on any atom is 0.326 e. The standard InChI is InChI=1S/C22H30B2N3/c1-15-11-17(3)21(18(4)12-15)26-9-10-27(24(23-26)25(7)8)22-19(5)13-16(2)14-20(22)6/h9-14H,1-8H3. The average Bonchev–Trinajstić information content (AvgIpc) is 2.53. The Morgan fingerprint density at radius 2 is 1.15 bits per heavy atom. The fourth-order valence-electron chi connectivity index (χ4n) is 4.39. The van der Waals surface area contributed by atoms with E-state index in [1.54, 1.807) is 0 Å². The van der Waals surface area contributed by atoms with E-state index in [9.17, 15) is 0 Å². The first-order valence-electron chi connectivity index (χ1n) is 9.61. The van der Waals surface area contributed by atoms with Crippen LogP contribution >= 0.6 is 0 Å². The van der Waals surface area contributed by atoms with Crippen molar-refractivity contribution in [2.75, 3.05) is 23.7 Å². The quantitative estimate of drug-likeness (QED) is 0.748. The van der Waals surface area contributed by atoms with E-state index in [1.807, 2.05) is 0 Å². The Labute approximate surface area is 166 Å². The summed E-state index contributed by atoms with van der Waals surface area (Å²) in [5.74, 6) is 0. The van der Waals surface area contributed by atoms with Gasteiger partial charge in [0.15, 0.2) is 0 Å². The lowest BCUT2D eigenvalue weighted by molar-refractivity contribution is 0.649. The van der Waals surface area contributed by atoms with E-state index < -0.39 is 0 Å². The van der Waals surface area contributed by atoms with E-state index in [4.69, 9.17) is 0 Å². The molecule has 0 unspecified atom stereocenters. The summed E-state index contributed by atoms with van der Waals surface area (Å²) in [5.41, 5.74) is 10.4. The van der Waals surface area contributed by atoms with Crippen LogP contribution in [-0.2, 0) is 0 Å². The van der Waals surface area contributed by atoms with Crippen molar-refractivity contribution in [3.8, 4) is 0 Å². The minimum Gasteiger partial charge on any atom is -0.399 e. The second kappa shape index (κ2) is 7.47. The Morgan fingerprint density at radius 1 is 0.704 bits per heavy atom. The largest absolute Gasteiger partial charge is 0.399 e. The van der Waals surface area contributed by atoms with E-state index in [1.165, 1.54) is 44.8 Å². The second-order valence-electron chi connectivity index (χ2n) is 8.13. The van der Waals surface area contributed by atoms with Crippen LogP contribution in [0.25, 0.3) is 0 Å². The molecule has 0 aliphatic carbocycles. The first-order valence-corrected chi connectivity index (χ1v) is 9.61. The third-order valence-electron chi connectivity index (χ3n) is 5.28. The molecule has 139 valence electrons. The highest BCUT2D eigenvalue weighted by Crippen LogP contribution is 2.32. The van der Waals surface area contributed by atoms with Crippen molar-refractivity contribution in [3.05, 3.63) is 70.0 Å². The third kappa shape index (κ3) is 3.79. The van der Waals surface area contributed by atoms with Crippen LogP contribution in [0.4, 0.5) is 11.4 Å². The minimum atomic E-state index is 0.148. The Kier molecular flexibility index (Phi) is 5.43. The summed E-state index contributed by atoms with van der Waals surface area (Å²) < 4.78 is 0. The number of rotatable bonds is 3. The summed E-state index contributed by atoms with van der Waals surface area (Å²) in [4.78, 5) is 6.91. The van der Waals surface area contributed by atoms with Gasteiger partial charge in [-0.25, -0.2) is 0 Å². The number of hydrogen-bond donors (Lipinski definition) is 0. The molecule has 2 aromatic rings. The Hall–Kier alpha value is -2.13. The molecule has 0 N–H and O–H groups in total. The molecule has 0 spiro atoms. The zero-order valence-electron chi connectivity index (χ0n) is 18.0. The van der Waals surface area contributed by atoms with Gasteiger partial charge in [-0.2, -0.15) is 0 Å². The van der Waals surface area contributed by atoms with E-state index in [2.05, 4.69) is 114 Å². The zero-order chi connectivity index (χ0) is 19.9. The van der Waals surface area contributed by atoms with Crippen molar-refractivity contribution >= 4 is 25.6 Å². The molecule has 5 heteroatoms. The molecule has 0 saturated carbocycles. The molecule has 0 bridgehead atoms. The highest BCUT2D eigenvalue weighted by molar-refractivity contribution is 7.14. The maximum absolute atomic E-state index is 2.37. The Balaban J connectivity index is 2.05. The summed E-state index contributed by atoms with van der Waals surface area (Å²) in [6, 6.07) is 9.05. The van der Waals surface area contributed by atoms with Gasteiger partial charge in [0.05, 0.1) is 0 Å². The van der Waals surface area contributed by atoms with Crippen molar-refractivity contribution in [2.24, 2.45) is 0 Å². The average molecular weight is 358 g/mol. The normalized spacial score (nSPS) is 14.2. The molecule has 1 heterocycles. The highest BCUT2D eigenvalue weighted by atomic mass is 15.2. The molecule has 27 heavy (non-hydrogen) atoms. The molecular formula is C22H30B2N3. The van der Waals surface area contributed by atoms with Gasteiger partial charge in [-0.3, -0.25) is 0 Å². The Morgan fingerprint density at radius 3 is 1.59 bits per heavy atom. The molecular weight excluding hydrogens is 328 g/mol. The van der Waals surface area contributed by atoms with E-state index in [-0.39, 0.29) is 6.87 Å². The molecule has 1 aliphatic heterocycles. The monoisotopic (exact) mass is 358 g/mol. The Bertz CT molecular complexity index is 843. The predicted octanol–water partition coefficient (Wildman–Crippen LogP) is 4.50. The summed E-state index contributed by atoms with van der Waals surface area (Å²) in [6.07, 6.45) is 4.40. The SMILES string of the molecule is Cc1cc(C)c(N2[B]B(N(C)C)N(c3c(C)cc(C)cc3C)C=C2)c(C)c1. The minimum absolute atomic E-state index is 0.148. The van der Waals surface area contributed by atoms with Crippen molar-refractivity contribution in [1.29, 1.82) is 0 Å². The van der Waals surface area contributed by atoms with Gasteiger partial charge in [0.2, 0.25) is 0 Å². The highest BCUT2D eigenvalue weighted by Gasteiger charge is 2.34. The van der Waals surface area contributed by atoms with E-state index in [0.717, 1.165) is 0 Å². The van der Waals surface area contributed by atoms with Crippen LogP contribution < -0.4 is 9.62 Å².